The third-order valence-electron chi connectivity index (χ3n) is 2.71. The summed E-state index contributed by atoms with van der Waals surface area (Å²) in [5.41, 5.74) is -0.411. The van der Waals surface area contributed by atoms with Gasteiger partial charge in [-0.15, -0.1) is 0 Å². The van der Waals surface area contributed by atoms with Crippen molar-refractivity contribution < 1.29 is 23.5 Å². The van der Waals surface area contributed by atoms with Crippen LogP contribution in [0.2, 0.25) is 0 Å². The minimum atomic E-state index is -1.47. The van der Waals surface area contributed by atoms with Crippen LogP contribution in [0, 0.1) is 17.6 Å². The third-order valence-corrected chi connectivity index (χ3v) is 2.71. The van der Waals surface area contributed by atoms with Crippen LogP contribution >= 0.6 is 0 Å². The molecule has 1 aliphatic rings. The smallest absolute Gasteiger partial charge is 0.316 e. The van der Waals surface area contributed by atoms with Gasteiger partial charge in [-0.1, -0.05) is 0 Å². The van der Waals surface area contributed by atoms with Crippen LogP contribution in [0.3, 0.4) is 0 Å². The second kappa shape index (κ2) is 4.08. The number of hydrogen-bond acceptors (Lipinski definition) is 3. The Balaban J connectivity index is 2.46. The number of carboxylic acids is 1. The van der Waals surface area contributed by atoms with Gasteiger partial charge < -0.3 is 10.4 Å². The maximum atomic E-state index is 13.4. The zero-order chi connectivity index (χ0) is 12.6. The van der Waals surface area contributed by atoms with Crippen LogP contribution in [0.4, 0.5) is 8.78 Å². The third kappa shape index (κ3) is 1.83. The van der Waals surface area contributed by atoms with Crippen LogP contribution in [0.15, 0.2) is 12.4 Å². The summed E-state index contributed by atoms with van der Waals surface area (Å²) in [6.45, 7) is -0.104. The monoisotopic (exact) mass is 242 g/mol. The predicted molar refractivity (Wildman–Crippen MR) is 51.0 cm³/mol. The van der Waals surface area contributed by atoms with Crippen molar-refractivity contribution in [2.75, 3.05) is 6.54 Å². The van der Waals surface area contributed by atoms with Gasteiger partial charge in [0.15, 0.2) is 0 Å². The van der Waals surface area contributed by atoms with Crippen LogP contribution in [-0.4, -0.2) is 28.5 Å². The Hall–Kier alpha value is -2.05. The molecule has 1 aliphatic heterocycles. The van der Waals surface area contributed by atoms with Crippen LogP contribution in [-0.2, 0) is 9.59 Å². The highest BCUT2D eigenvalue weighted by Crippen LogP contribution is 2.32. The van der Waals surface area contributed by atoms with Crippen LogP contribution in [0.1, 0.15) is 11.5 Å². The summed E-state index contributed by atoms with van der Waals surface area (Å²) < 4.78 is 26.9. The van der Waals surface area contributed by atoms with Crippen molar-refractivity contribution in [3.05, 3.63) is 29.6 Å². The summed E-state index contributed by atoms with van der Waals surface area (Å²) in [6, 6.07) is 0. The molecule has 90 valence electrons. The molecular weight excluding hydrogens is 234 g/mol. The van der Waals surface area contributed by atoms with Gasteiger partial charge in [-0.2, -0.15) is 0 Å². The van der Waals surface area contributed by atoms with Crippen molar-refractivity contribution >= 4 is 11.9 Å². The van der Waals surface area contributed by atoms with Gasteiger partial charge in [0.05, 0.1) is 12.4 Å². The van der Waals surface area contributed by atoms with Gasteiger partial charge in [0, 0.05) is 18.0 Å². The summed E-state index contributed by atoms with van der Waals surface area (Å²) in [6.07, 6.45) is 1.58. The fraction of sp³-hybridized carbons (Fsp3) is 0.300. The predicted octanol–water partition coefficient (Wildman–Crippen LogP) is 0.274. The molecule has 0 spiro atoms. The summed E-state index contributed by atoms with van der Waals surface area (Å²) in [7, 11) is 0. The lowest BCUT2D eigenvalue weighted by molar-refractivity contribution is -0.145. The number of carbonyl (C=O) groups is 2. The fourth-order valence-electron chi connectivity index (χ4n) is 1.95. The largest absolute Gasteiger partial charge is 0.481 e. The number of aromatic nitrogens is 1. The number of rotatable bonds is 2. The van der Waals surface area contributed by atoms with Gasteiger partial charge in [-0.3, -0.25) is 14.6 Å². The number of carboxylic acid groups (broad SMARTS) is 1. The first kappa shape index (κ1) is 11.4. The van der Waals surface area contributed by atoms with Gasteiger partial charge >= 0.3 is 5.97 Å². The van der Waals surface area contributed by atoms with Crippen molar-refractivity contribution in [1.29, 1.82) is 0 Å². The van der Waals surface area contributed by atoms with Crippen molar-refractivity contribution in [1.82, 2.24) is 10.3 Å². The Morgan fingerprint density at radius 2 is 2.00 bits per heavy atom. The molecule has 0 saturated carbocycles. The Labute approximate surface area is 94.5 Å². The van der Waals surface area contributed by atoms with Crippen LogP contribution in [0.5, 0.6) is 0 Å². The first-order valence-electron chi connectivity index (χ1n) is 4.81. The van der Waals surface area contributed by atoms with E-state index < -0.39 is 40.9 Å². The quantitative estimate of drug-likeness (QED) is 0.730. The number of amides is 1. The van der Waals surface area contributed by atoms with Gasteiger partial charge in [0.25, 0.3) is 0 Å². The molecule has 0 aromatic carbocycles. The lowest BCUT2D eigenvalue weighted by atomic mass is 9.88. The molecular formula is C10H8F2N2O3. The van der Waals surface area contributed by atoms with E-state index in [-0.39, 0.29) is 6.54 Å². The molecule has 1 aromatic heterocycles. The zero-order valence-corrected chi connectivity index (χ0v) is 8.48. The van der Waals surface area contributed by atoms with Gasteiger partial charge in [-0.25, -0.2) is 8.78 Å². The van der Waals surface area contributed by atoms with Crippen molar-refractivity contribution in [2.24, 2.45) is 5.92 Å². The minimum Gasteiger partial charge on any atom is -0.481 e. The molecule has 1 aromatic rings. The second-order valence-electron chi connectivity index (χ2n) is 3.68. The molecule has 7 heteroatoms. The topological polar surface area (TPSA) is 79.3 Å². The molecule has 5 nitrogen and oxygen atoms in total. The molecule has 1 fully saturated rings. The standard InChI is InChI=1S/C10H8F2N2O3/c11-5-2-13-3-6(12)7(5)4-1-14-9(15)8(4)10(16)17/h2-4,8H,1H2,(H,14,15)(H,16,17). The average Bonchev–Trinajstić information content (AvgIpc) is 2.60. The van der Waals surface area contributed by atoms with E-state index in [1.54, 1.807) is 0 Å². The fourth-order valence-corrected chi connectivity index (χ4v) is 1.95. The maximum Gasteiger partial charge on any atom is 0.316 e. The lowest BCUT2D eigenvalue weighted by Gasteiger charge is -2.14. The Morgan fingerprint density at radius 3 is 2.53 bits per heavy atom. The van der Waals surface area contributed by atoms with E-state index in [2.05, 4.69) is 10.3 Å². The molecule has 0 radical (unpaired) electrons. The molecule has 0 bridgehead atoms. The Kier molecular flexibility index (Phi) is 2.74. The number of nitrogens with one attached hydrogen (secondary N) is 1. The van der Waals surface area contributed by atoms with E-state index in [0.29, 0.717) is 0 Å². The van der Waals surface area contributed by atoms with Crippen LogP contribution < -0.4 is 5.32 Å². The minimum absolute atomic E-state index is 0.104. The van der Waals surface area contributed by atoms with Gasteiger partial charge in [0.1, 0.15) is 17.6 Å². The summed E-state index contributed by atoms with van der Waals surface area (Å²) in [5, 5.41) is 11.2. The molecule has 2 unspecified atom stereocenters. The SMILES string of the molecule is O=C(O)C1C(=O)NCC1c1c(F)cncc1F. The van der Waals surface area contributed by atoms with E-state index in [4.69, 9.17) is 5.11 Å². The Morgan fingerprint density at radius 1 is 1.41 bits per heavy atom. The number of halogens is 2. The molecule has 0 aliphatic carbocycles. The van der Waals surface area contributed by atoms with Crippen LogP contribution in [0.25, 0.3) is 0 Å². The highest BCUT2D eigenvalue weighted by Gasteiger charge is 2.43. The summed E-state index contributed by atoms with van der Waals surface area (Å²) in [5.74, 6) is -6.56. The van der Waals surface area contributed by atoms with E-state index >= 15 is 0 Å². The second-order valence-corrected chi connectivity index (χ2v) is 3.68. The van der Waals surface area contributed by atoms with E-state index in [1.165, 1.54) is 0 Å². The molecule has 1 saturated heterocycles. The lowest BCUT2D eigenvalue weighted by Crippen LogP contribution is -2.27. The molecule has 17 heavy (non-hydrogen) atoms. The first-order chi connectivity index (χ1) is 8.02. The molecule has 2 rings (SSSR count). The summed E-state index contributed by atoms with van der Waals surface area (Å²) >= 11 is 0. The number of nitrogens with zero attached hydrogens (tertiary/aromatic N) is 1. The number of pyridine rings is 1. The summed E-state index contributed by atoms with van der Waals surface area (Å²) in [4.78, 5) is 25.5. The molecule has 2 heterocycles. The van der Waals surface area contributed by atoms with Crippen molar-refractivity contribution in [3.63, 3.8) is 0 Å². The van der Waals surface area contributed by atoms with Crippen molar-refractivity contribution in [2.45, 2.75) is 5.92 Å². The zero-order valence-electron chi connectivity index (χ0n) is 8.48. The van der Waals surface area contributed by atoms with Gasteiger partial charge in [-0.05, 0) is 0 Å². The number of hydrogen-bond donors (Lipinski definition) is 2. The molecule has 2 atom stereocenters. The van der Waals surface area contributed by atoms with Crippen molar-refractivity contribution in [3.8, 4) is 0 Å². The maximum absolute atomic E-state index is 13.4. The van der Waals surface area contributed by atoms with E-state index in [0.717, 1.165) is 12.4 Å². The average molecular weight is 242 g/mol. The number of carbonyl (C=O) groups excluding carboxylic acids is 1. The first-order valence-corrected chi connectivity index (χ1v) is 4.81. The highest BCUT2D eigenvalue weighted by molar-refractivity contribution is 5.99. The number of aliphatic carboxylic acids is 1. The van der Waals surface area contributed by atoms with E-state index in [9.17, 15) is 18.4 Å². The molecule has 1 amide bonds. The van der Waals surface area contributed by atoms with Gasteiger partial charge in [0.2, 0.25) is 5.91 Å². The Bertz CT molecular complexity index is 472. The molecule has 2 N–H and O–H groups in total. The highest BCUT2D eigenvalue weighted by atomic mass is 19.1. The van der Waals surface area contributed by atoms with E-state index in [1.807, 2.05) is 0 Å². The normalized spacial score (nSPS) is 23.5.